The number of hydrogen-bond acceptors (Lipinski definition) is 6. The van der Waals surface area contributed by atoms with Gasteiger partial charge in [0, 0.05) is 18.0 Å². The maximum Gasteiger partial charge on any atom is 0.321 e. The SMILES string of the molecule is C=CCNC(=O)NC(=O)CSc1nc(NC2CC2)c2ccccc2n1. The molecule has 1 aliphatic rings. The Hall–Kier alpha value is -2.61. The second-order valence-corrected chi connectivity index (χ2v) is 6.57. The zero-order valence-corrected chi connectivity index (χ0v) is 14.4. The minimum absolute atomic E-state index is 0.0583. The number of aromatic nitrogens is 2. The Bertz CT molecular complexity index is 807. The molecule has 0 aliphatic heterocycles. The molecule has 0 spiro atoms. The van der Waals surface area contributed by atoms with Crippen molar-refractivity contribution in [2.75, 3.05) is 17.6 Å². The van der Waals surface area contributed by atoms with Crippen LogP contribution in [0.1, 0.15) is 12.8 Å². The Kier molecular flexibility index (Phi) is 5.49. The molecule has 130 valence electrons. The lowest BCUT2D eigenvalue weighted by atomic mass is 10.2. The van der Waals surface area contributed by atoms with Gasteiger partial charge >= 0.3 is 6.03 Å². The van der Waals surface area contributed by atoms with Gasteiger partial charge in [0.25, 0.3) is 0 Å². The average Bonchev–Trinajstić information content (AvgIpc) is 3.42. The van der Waals surface area contributed by atoms with Crippen molar-refractivity contribution in [1.82, 2.24) is 20.6 Å². The summed E-state index contributed by atoms with van der Waals surface area (Å²) in [6, 6.07) is 7.69. The van der Waals surface area contributed by atoms with Gasteiger partial charge in [-0.15, -0.1) is 6.58 Å². The Labute approximate surface area is 149 Å². The molecule has 0 saturated heterocycles. The van der Waals surface area contributed by atoms with Crippen molar-refractivity contribution in [3.05, 3.63) is 36.9 Å². The highest BCUT2D eigenvalue weighted by molar-refractivity contribution is 7.99. The molecular weight excluding hydrogens is 338 g/mol. The highest BCUT2D eigenvalue weighted by atomic mass is 32.2. The second-order valence-electron chi connectivity index (χ2n) is 5.63. The van der Waals surface area contributed by atoms with Crippen LogP contribution in [0.5, 0.6) is 0 Å². The lowest BCUT2D eigenvalue weighted by Gasteiger charge is -2.10. The first-order chi connectivity index (χ1) is 12.2. The molecule has 0 bridgehead atoms. The van der Waals surface area contributed by atoms with Crippen LogP contribution >= 0.6 is 11.8 Å². The first-order valence-corrected chi connectivity index (χ1v) is 8.99. The maximum atomic E-state index is 11.8. The third-order valence-electron chi connectivity index (χ3n) is 3.49. The van der Waals surface area contributed by atoms with Crippen molar-refractivity contribution in [2.24, 2.45) is 0 Å². The summed E-state index contributed by atoms with van der Waals surface area (Å²) in [5.41, 5.74) is 0.826. The van der Waals surface area contributed by atoms with Crippen LogP contribution in [-0.4, -0.2) is 40.2 Å². The van der Waals surface area contributed by atoms with Gasteiger partial charge in [-0.25, -0.2) is 14.8 Å². The van der Waals surface area contributed by atoms with E-state index in [0.717, 1.165) is 29.6 Å². The highest BCUT2D eigenvalue weighted by Crippen LogP contribution is 2.29. The third-order valence-corrected chi connectivity index (χ3v) is 4.34. The number of hydrogen-bond donors (Lipinski definition) is 3. The number of anilines is 1. The number of thioether (sulfide) groups is 1. The van der Waals surface area contributed by atoms with Gasteiger partial charge < -0.3 is 10.6 Å². The molecule has 1 fully saturated rings. The Balaban J connectivity index is 1.65. The van der Waals surface area contributed by atoms with E-state index in [-0.39, 0.29) is 5.75 Å². The largest absolute Gasteiger partial charge is 0.367 e. The summed E-state index contributed by atoms with van der Waals surface area (Å²) >= 11 is 1.20. The number of urea groups is 1. The van der Waals surface area contributed by atoms with Gasteiger partial charge in [0.05, 0.1) is 11.3 Å². The summed E-state index contributed by atoms with van der Waals surface area (Å²) in [5, 5.41) is 9.61. The van der Waals surface area contributed by atoms with Crippen LogP contribution in [0.25, 0.3) is 10.9 Å². The van der Waals surface area contributed by atoms with Crippen molar-refractivity contribution in [1.29, 1.82) is 0 Å². The molecule has 1 aliphatic carbocycles. The van der Waals surface area contributed by atoms with E-state index in [2.05, 4.69) is 32.5 Å². The normalized spacial score (nSPS) is 13.3. The molecule has 3 N–H and O–H groups in total. The van der Waals surface area contributed by atoms with Gasteiger partial charge in [-0.2, -0.15) is 0 Å². The van der Waals surface area contributed by atoms with E-state index in [1.807, 2.05) is 24.3 Å². The average molecular weight is 357 g/mol. The fourth-order valence-electron chi connectivity index (χ4n) is 2.15. The number of fused-ring (bicyclic) bond motifs is 1. The third kappa shape index (κ3) is 4.93. The number of rotatable bonds is 7. The van der Waals surface area contributed by atoms with E-state index in [1.54, 1.807) is 0 Å². The van der Waals surface area contributed by atoms with Crippen LogP contribution in [0.4, 0.5) is 10.6 Å². The molecule has 2 aromatic rings. The van der Waals surface area contributed by atoms with Gasteiger partial charge in [0.1, 0.15) is 5.82 Å². The molecule has 1 aromatic carbocycles. The van der Waals surface area contributed by atoms with Gasteiger partial charge in [-0.05, 0) is 25.0 Å². The van der Waals surface area contributed by atoms with Crippen LogP contribution in [0.3, 0.4) is 0 Å². The molecule has 3 amide bonds. The molecule has 0 radical (unpaired) electrons. The van der Waals surface area contributed by atoms with Crippen LogP contribution in [0, 0.1) is 0 Å². The van der Waals surface area contributed by atoms with Crippen LogP contribution in [-0.2, 0) is 4.79 Å². The first-order valence-electron chi connectivity index (χ1n) is 8.00. The van der Waals surface area contributed by atoms with Crippen LogP contribution in [0.2, 0.25) is 0 Å². The van der Waals surface area contributed by atoms with E-state index >= 15 is 0 Å². The van der Waals surface area contributed by atoms with E-state index in [1.165, 1.54) is 17.8 Å². The lowest BCUT2D eigenvalue weighted by molar-refractivity contribution is -0.117. The molecule has 0 unspecified atom stereocenters. The summed E-state index contributed by atoms with van der Waals surface area (Å²) in [5.74, 6) is 0.447. The Morgan fingerprint density at radius 2 is 2.08 bits per heavy atom. The van der Waals surface area contributed by atoms with Gasteiger partial charge in [0.2, 0.25) is 5.91 Å². The fourth-order valence-corrected chi connectivity index (χ4v) is 2.80. The number of nitrogens with one attached hydrogen (secondary N) is 3. The zero-order chi connectivity index (χ0) is 17.6. The molecule has 25 heavy (non-hydrogen) atoms. The van der Waals surface area contributed by atoms with Gasteiger partial charge in [0.15, 0.2) is 5.16 Å². The van der Waals surface area contributed by atoms with Gasteiger partial charge in [-0.3, -0.25) is 10.1 Å². The van der Waals surface area contributed by atoms with Crippen molar-refractivity contribution in [3.63, 3.8) is 0 Å². The molecule has 1 heterocycles. The molecule has 0 atom stereocenters. The second kappa shape index (κ2) is 7.98. The molecule has 1 saturated carbocycles. The molecular formula is C17H19N5O2S. The monoisotopic (exact) mass is 357 g/mol. The van der Waals surface area contributed by atoms with Crippen molar-refractivity contribution in [3.8, 4) is 0 Å². The maximum absolute atomic E-state index is 11.8. The molecule has 8 heteroatoms. The predicted molar refractivity (Wildman–Crippen MR) is 98.6 cm³/mol. The summed E-state index contributed by atoms with van der Waals surface area (Å²) in [4.78, 5) is 32.3. The Morgan fingerprint density at radius 3 is 2.84 bits per heavy atom. The van der Waals surface area contributed by atoms with E-state index < -0.39 is 11.9 Å². The number of nitrogens with zero attached hydrogens (tertiary/aromatic N) is 2. The fraction of sp³-hybridized carbons (Fsp3) is 0.294. The summed E-state index contributed by atoms with van der Waals surface area (Å²) in [6.45, 7) is 3.79. The predicted octanol–water partition coefficient (Wildman–Crippen LogP) is 2.31. The topological polar surface area (TPSA) is 96.0 Å². The minimum Gasteiger partial charge on any atom is -0.367 e. The number of imide groups is 1. The van der Waals surface area contributed by atoms with Crippen molar-refractivity contribution < 1.29 is 9.59 Å². The smallest absolute Gasteiger partial charge is 0.321 e. The minimum atomic E-state index is -0.541. The molecule has 7 nitrogen and oxygen atoms in total. The Morgan fingerprint density at radius 1 is 1.28 bits per heavy atom. The summed E-state index contributed by atoms with van der Waals surface area (Å²) in [6.07, 6.45) is 3.82. The number of para-hydroxylation sites is 1. The molecule has 1 aromatic heterocycles. The quantitative estimate of drug-likeness (QED) is 0.400. The zero-order valence-electron chi connectivity index (χ0n) is 13.6. The van der Waals surface area contributed by atoms with E-state index in [9.17, 15) is 9.59 Å². The van der Waals surface area contributed by atoms with Crippen molar-refractivity contribution in [2.45, 2.75) is 24.0 Å². The first kappa shape index (κ1) is 17.2. The lowest BCUT2D eigenvalue weighted by Crippen LogP contribution is -2.40. The van der Waals surface area contributed by atoms with E-state index in [4.69, 9.17) is 0 Å². The highest BCUT2D eigenvalue weighted by Gasteiger charge is 2.23. The molecule has 3 rings (SSSR count). The number of benzene rings is 1. The standard InChI is InChI=1S/C17H19N5O2S/c1-2-9-18-16(24)21-14(23)10-25-17-20-13-6-4-3-5-12(13)15(22-17)19-11-7-8-11/h2-6,11H,1,7-10H2,(H,19,20,22)(H2,18,21,23,24). The van der Waals surface area contributed by atoms with Gasteiger partial charge in [-0.1, -0.05) is 30.0 Å². The van der Waals surface area contributed by atoms with E-state index in [0.29, 0.717) is 17.7 Å². The van der Waals surface area contributed by atoms with Crippen molar-refractivity contribution >= 4 is 40.4 Å². The number of amides is 3. The van der Waals surface area contributed by atoms with Crippen LogP contribution in [0.15, 0.2) is 42.1 Å². The summed E-state index contributed by atoms with van der Waals surface area (Å²) in [7, 11) is 0. The summed E-state index contributed by atoms with van der Waals surface area (Å²) < 4.78 is 0. The number of carbonyl (C=O) groups is 2. The number of carbonyl (C=O) groups excluding carboxylic acids is 2. The van der Waals surface area contributed by atoms with Crippen LogP contribution < -0.4 is 16.0 Å².